The minimum absolute atomic E-state index is 0.658. The fraction of sp³-hybridized carbons (Fsp3) is 0.500. The van der Waals surface area contributed by atoms with Gasteiger partial charge in [-0.3, -0.25) is 0 Å². The lowest BCUT2D eigenvalue weighted by Gasteiger charge is -2.36. The van der Waals surface area contributed by atoms with Crippen LogP contribution in [-0.2, 0) is 0 Å². The number of hydrogen-bond acceptors (Lipinski definition) is 4. The van der Waals surface area contributed by atoms with Gasteiger partial charge in [-0.05, 0) is 50.8 Å². The number of aromatic nitrogens is 1. The van der Waals surface area contributed by atoms with Crippen LogP contribution in [0.3, 0.4) is 0 Å². The smallest absolute Gasteiger partial charge is 0.166 e. The molecule has 0 radical (unpaired) electrons. The molecular formula is C14H18N2S2. The summed E-state index contributed by atoms with van der Waals surface area (Å²) >= 11 is 3.65. The van der Waals surface area contributed by atoms with E-state index in [1.165, 1.54) is 28.3 Å². The summed E-state index contributed by atoms with van der Waals surface area (Å²) in [5.41, 5.74) is 1.13. The molecule has 2 heterocycles. The summed E-state index contributed by atoms with van der Waals surface area (Å²) < 4.78 is 5.00. The van der Waals surface area contributed by atoms with Crippen molar-refractivity contribution in [2.24, 2.45) is 0 Å². The zero-order chi connectivity index (χ0) is 12.5. The number of piperidine rings is 1. The minimum atomic E-state index is 0.658. The molecule has 1 saturated heterocycles. The standard InChI is InChI=1S/C14H18N2S2/c1-10-6-5-7-11(2)16(10)18-14-15-12-8-3-4-9-13(12)17-14/h3-4,8-11H,5-7H2,1-2H3. The third-order valence-corrected chi connectivity index (χ3v) is 6.05. The Morgan fingerprint density at radius 1 is 1.22 bits per heavy atom. The van der Waals surface area contributed by atoms with Crippen LogP contribution in [0.15, 0.2) is 28.6 Å². The van der Waals surface area contributed by atoms with Crippen molar-refractivity contribution in [2.75, 3.05) is 0 Å². The van der Waals surface area contributed by atoms with E-state index in [4.69, 9.17) is 4.98 Å². The normalized spacial score (nSPS) is 25.7. The summed E-state index contributed by atoms with van der Waals surface area (Å²) in [7, 11) is 0. The predicted molar refractivity (Wildman–Crippen MR) is 80.1 cm³/mol. The van der Waals surface area contributed by atoms with Crippen LogP contribution in [0.2, 0.25) is 0 Å². The van der Waals surface area contributed by atoms with Crippen LogP contribution in [0.4, 0.5) is 0 Å². The maximum Gasteiger partial charge on any atom is 0.166 e. The van der Waals surface area contributed by atoms with E-state index in [9.17, 15) is 0 Å². The Morgan fingerprint density at radius 2 is 1.94 bits per heavy atom. The fourth-order valence-corrected chi connectivity index (χ4v) is 4.82. The van der Waals surface area contributed by atoms with Gasteiger partial charge >= 0.3 is 0 Å². The molecule has 1 aromatic heterocycles. The average molecular weight is 278 g/mol. The Hall–Kier alpha value is -0.580. The van der Waals surface area contributed by atoms with Crippen molar-refractivity contribution in [2.45, 2.75) is 49.5 Å². The van der Waals surface area contributed by atoms with Gasteiger partial charge in [0.25, 0.3) is 0 Å². The van der Waals surface area contributed by atoms with Crippen LogP contribution in [0.25, 0.3) is 10.2 Å². The van der Waals surface area contributed by atoms with Crippen molar-refractivity contribution in [3.63, 3.8) is 0 Å². The highest BCUT2D eigenvalue weighted by atomic mass is 32.2. The molecule has 1 fully saturated rings. The molecule has 3 rings (SSSR count). The van der Waals surface area contributed by atoms with Crippen molar-refractivity contribution in [3.8, 4) is 0 Å². The molecule has 0 spiro atoms. The zero-order valence-corrected chi connectivity index (χ0v) is 12.4. The molecule has 2 nitrogen and oxygen atoms in total. The second kappa shape index (κ2) is 5.19. The van der Waals surface area contributed by atoms with E-state index in [0.717, 1.165) is 5.52 Å². The summed E-state index contributed by atoms with van der Waals surface area (Å²) in [6.45, 7) is 4.66. The maximum atomic E-state index is 4.72. The Labute approximate surface area is 117 Å². The van der Waals surface area contributed by atoms with Crippen molar-refractivity contribution < 1.29 is 0 Å². The molecule has 1 aliphatic heterocycles. The van der Waals surface area contributed by atoms with Gasteiger partial charge in [0.05, 0.1) is 10.2 Å². The van der Waals surface area contributed by atoms with Gasteiger partial charge in [0.2, 0.25) is 0 Å². The van der Waals surface area contributed by atoms with Gasteiger partial charge in [-0.15, -0.1) is 11.3 Å². The van der Waals surface area contributed by atoms with Crippen molar-refractivity contribution >= 4 is 33.5 Å². The van der Waals surface area contributed by atoms with Crippen LogP contribution >= 0.6 is 23.3 Å². The van der Waals surface area contributed by atoms with E-state index in [2.05, 4.69) is 42.4 Å². The lowest BCUT2D eigenvalue weighted by molar-refractivity contribution is 0.223. The van der Waals surface area contributed by atoms with E-state index >= 15 is 0 Å². The molecule has 4 heteroatoms. The van der Waals surface area contributed by atoms with Gasteiger partial charge in [0.15, 0.2) is 4.34 Å². The Bertz CT molecular complexity index is 494. The zero-order valence-electron chi connectivity index (χ0n) is 10.8. The molecule has 0 saturated carbocycles. The third-order valence-electron chi connectivity index (χ3n) is 3.57. The van der Waals surface area contributed by atoms with E-state index in [-0.39, 0.29) is 0 Å². The van der Waals surface area contributed by atoms with E-state index in [1.54, 1.807) is 11.3 Å². The quantitative estimate of drug-likeness (QED) is 0.749. The molecule has 0 bridgehead atoms. The van der Waals surface area contributed by atoms with Crippen molar-refractivity contribution in [1.82, 2.24) is 9.29 Å². The molecule has 1 aromatic carbocycles. The molecule has 0 amide bonds. The van der Waals surface area contributed by atoms with Gasteiger partial charge in [0.1, 0.15) is 0 Å². The molecule has 1 aliphatic rings. The van der Waals surface area contributed by atoms with E-state index < -0.39 is 0 Å². The molecule has 2 aromatic rings. The lowest BCUT2D eigenvalue weighted by atomic mass is 10.0. The van der Waals surface area contributed by atoms with Gasteiger partial charge in [0, 0.05) is 12.1 Å². The highest BCUT2D eigenvalue weighted by Gasteiger charge is 2.26. The first-order valence-corrected chi connectivity index (χ1v) is 8.15. The first-order valence-electron chi connectivity index (χ1n) is 6.56. The van der Waals surface area contributed by atoms with Crippen molar-refractivity contribution in [3.05, 3.63) is 24.3 Å². The van der Waals surface area contributed by atoms with E-state index in [0.29, 0.717) is 12.1 Å². The monoisotopic (exact) mass is 278 g/mol. The largest absolute Gasteiger partial charge is 0.239 e. The number of nitrogens with zero attached hydrogens (tertiary/aromatic N) is 2. The number of fused-ring (bicyclic) bond motifs is 1. The Balaban J connectivity index is 1.82. The predicted octanol–water partition coefficient (Wildman–Crippen LogP) is 4.57. The minimum Gasteiger partial charge on any atom is -0.239 e. The average Bonchev–Trinajstić information content (AvgIpc) is 2.76. The topological polar surface area (TPSA) is 16.1 Å². The number of hydrogen-bond donors (Lipinski definition) is 0. The number of rotatable bonds is 2. The summed E-state index contributed by atoms with van der Waals surface area (Å²) in [4.78, 5) is 4.72. The number of benzene rings is 1. The molecule has 0 N–H and O–H groups in total. The molecule has 96 valence electrons. The lowest BCUT2D eigenvalue weighted by Crippen LogP contribution is -2.38. The Kier molecular flexibility index (Phi) is 3.59. The van der Waals surface area contributed by atoms with Crippen LogP contribution in [0, 0.1) is 0 Å². The number of para-hydroxylation sites is 1. The second-order valence-electron chi connectivity index (χ2n) is 5.03. The maximum absolute atomic E-state index is 4.72. The van der Waals surface area contributed by atoms with Crippen LogP contribution in [0.1, 0.15) is 33.1 Å². The van der Waals surface area contributed by atoms with Crippen LogP contribution in [0.5, 0.6) is 0 Å². The molecule has 2 atom stereocenters. The summed E-state index contributed by atoms with van der Waals surface area (Å²) in [6.07, 6.45) is 3.98. The highest BCUT2D eigenvalue weighted by Crippen LogP contribution is 2.37. The van der Waals surface area contributed by atoms with E-state index in [1.807, 2.05) is 11.9 Å². The Morgan fingerprint density at radius 3 is 2.67 bits per heavy atom. The number of thiazole rings is 1. The SMILES string of the molecule is CC1CCCC(C)N1Sc1nc2ccccc2s1. The van der Waals surface area contributed by atoms with Crippen molar-refractivity contribution in [1.29, 1.82) is 0 Å². The second-order valence-corrected chi connectivity index (χ2v) is 7.31. The third kappa shape index (κ3) is 2.42. The first kappa shape index (κ1) is 12.5. The fourth-order valence-electron chi connectivity index (χ4n) is 2.56. The summed E-state index contributed by atoms with van der Waals surface area (Å²) in [5.74, 6) is 0. The molecule has 18 heavy (non-hydrogen) atoms. The van der Waals surface area contributed by atoms with Gasteiger partial charge in [-0.25, -0.2) is 9.29 Å². The summed E-state index contributed by atoms with van der Waals surface area (Å²) in [5, 5.41) is 0. The highest BCUT2D eigenvalue weighted by molar-refractivity contribution is 7.99. The van der Waals surface area contributed by atoms with Crippen LogP contribution in [-0.4, -0.2) is 21.4 Å². The molecule has 2 unspecified atom stereocenters. The van der Waals surface area contributed by atoms with Gasteiger partial charge in [-0.1, -0.05) is 18.6 Å². The van der Waals surface area contributed by atoms with Gasteiger partial charge < -0.3 is 0 Å². The van der Waals surface area contributed by atoms with Gasteiger partial charge in [-0.2, -0.15) is 0 Å². The first-order chi connectivity index (χ1) is 8.74. The molecule has 0 aliphatic carbocycles. The molecular weight excluding hydrogens is 260 g/mol. The van der Waals surface area contributed by atoms with Crippen LogP contribution < -0.4 is 0 Å². The summed E-state index contributed by atoms with van der Waals surface area (Å²) in [6, 6.07) is 9.71.